The summed E-state index contributed by atoms with van der Waals surface area (Å²) in [5.74, 6) is -1.16. The highest BCUT2D eigenvalue weighted by Gasteiger charge is 2.15. The van der Waals surface area contributed by atoms with E-state index in [1.165, 1.54) is 19.2 Å². The van der Waals surface area contributed by atoms with Crippen LogP contribution in [0.3, 0.4) is 0 Å². The molecule has 0 saturated carbocycles. The fourth-order valence-corrected chi connectivity index (χ4v) is 1.93. The van der Waals surface area contributed by atoms with Gasteiger partial charge in [0.15, 0.2) is 6.61 Å². The Balaban J connectivity index is 1.97. The molecule has 1 aromatic heterocycles. The maximum atomic E-state index is 11.9. The Morgan fingerprint density at radius 1 is 1.08 bits per heavy atom. The van der Waals surface area contributed by atoms with Crippen molar-refractivity contribution in [3.63, 3.8) is 0 Å². The van der Waals surface area contributed by atoms with Crippen LogP contribution in [0.15, 0.2) is 34.7 Å². The average molecular weight is 331 g/mol. The van der Waals surface area contributed by atoms with Crippen LogP contribution >= 0.6 is 0 Å². The fraction of sp³-hybridized carbons (Fsp3) is 0.235. The van der Waals surface area contributed by atoms with Crippen LogP contribution in [-0.2, 0) is 14.3 Å². The molecule has 0 bridgehead atoms. The Kier molecular flexibility index (Phi) is 5.36. The third-order valence-electron chi connectivity index (χ3n) is 3.21. The van der Waals surface area contributed by atoms with Gasteiger partial charge in [-0.1, -0.05) is 6.07 Å². The van der Waals surface area contributed by atoms with E-state index in [0.717, 1.165) is 5.56 Å². The average Bonchev–Trinajstić information content (AvgIpc) is 3.00. The molecule has 1 N–H and O–H groups in total. The lowest BCUT2D eigenvalue weighted by Gasteiger charge is -2.10. The predicted octanol–water partition coefficient (Wildman–Crippen LogP) is 2.48. The highest BCUT2D eigenvalue weighted by atomic mass is 16.5. The number of carbonyl (C=O) groups is 3. The molecule has 7 heteroatoms. The molecule has 0 spiro atoms. The number of anilines is 1. The number of methoxy groups -OCH3 is 1. The van der Waals surface area contributed by atoms with Gasteiger partial charge in [0.1, 0.15) is 5.76 Å². The van der Waals surface area contributed by atoms with Crippen molar-refractivity contribution in [1.82, 2.24) is 0 Å². The van der Waals surface area contributed by atoms with E-state index < -0.39 is 24.5 Å². The number of amides is 1. The molecule has 1 aromatic carbocycles. The molecule has 1 amide bonds. The van der Waals surface area contributed by atoms with E-state index in [2.05, 4.69) is 10.1 Å². The summed E-state index contributed by atoms with van der Waals surface area (Å²) < 4.78 is 14.6. The first kappa shape index (κ1) is 17.3. The molecule has 7 nitrogen and oxygen atoms in total. The second-order valence-corrected chi connectivity index (χ2v) is 5.06. The minimum atomic E-state index is -0.724. The van der Waals surface area contributed by atoms with Crippen molar-refractivity contribution in [2.75, 3.05) is 19.0 Å². The van der Waals surface area contributed by atoms with Crippen molar-refractivity contribution in [3.05, 3.63) is 53.0 Å². The van der Waals surface area contributed by atoms with Gasteiger partial charge in [0.05, 0.1) is 12.7 Å². The third-order valence-corrected chi connectivity index (χ3v) is 3.21. The zero-order valence-electron chi connectivity index (χ0n) is 13.5. The molecule has 0 aliphatic carbocycles. The van der Waals surface area contributed by atoms with Crippen molar-refractivity contribution in [2.24, 2.45) is 0 Å². The molecule has 0 aliphatic rings. The highest BCUT2D eigenvalue weighted by molar-refractivity contribution is 5.97. The van der Waals surface area contributed by atoms with Crippen LogP contribution in [0.2, 0.25) is 0 Å². The van der Waals surface area contributed by atoms with E-state index in [-0.39, 0.29) is 5.76 Å². The lowest BCUT2D eigenvalue weighted by atomic mass is 10.1. The Morgan fingerprint density at radius 2 is 1.83 bits per heavy atom. The van der Waals surface area contributed by atoms with E-state index in [1.807, 2.05) is 0 Å². The van der Waals surface area contributed by atoms with Gasteiger partial charge in [-0.25, -0.2) is 9.59 Å². The second-order valence-electron chi connectivity index (χ2n) is 5.06. The number of nitrogens with one attached hydrogen (secondary N) is 1. The van der Waals surface area contributed by atoms with Crippen LogP contribution in [0.4, 0.5) is 5.69 Å². The molecule has 2 aromatic rings. The zero-order valence-corrected chi connectivity index (χ0v) is 13.5. The van der Waals surface area contributed by atoms with E-state index >= 15 is 0 Å². The molecule has 2 rings (SSSR count). The molecular weight excluding hydrogens is 314 g/mol. The standard InChI is InChI=1S/C17H17NO6/c1-10-4-6-12(16(20)22-3)8-13(10)18-15(19)9-23-17(21)14-7-5-11(2)24-14/h4-8H,9H2,1-3H3,(H,18,19). The van der Waals surface area contributed by atoms with Crippen LogP contribution in [0.1, 0.15) is 32.2 Å². The number of ether oxygens (including phenoxy) is 2. The van der Waals surface area contributed by atoms with Crippen LogP contribution in [0, 0.1) is 13.8 Å². The van der Waals surface area contributed by atoms with Crippen molar-refractivity contribution in [2.45, 2.75) is 13.8 Å². The molecule has 0 fully saturated rings. The minimum Gasteiger partial charge on any atom is -0.465 e. The predicted molar refractivity (Wildman–Crippen MR) is 84.9 cm³/mol. The SMILES string of the molecule is COC(=O)c1ccc(C)c(NC(=O)COC(=O)c2ccc(C)o2)c1. The van der Waals surface area contributed by atoms with Gasteiger partial charge in [0.2, 0.25) is 5.76 Å². The number of carbonyl (C=O) groups excluding carboxylic acids is 3. The van der Waals surface area contributed by atoms with Crippen LogP contribution in [-0.4, -0.2) is 31.6 Å². The van der Waals surface area contributed by atoms with Gasteiger partial charge in [-0.05, 0) is 43.7 Å². The maximum absolute atomic E-state index is 11.9. The number of aryl methyl sites for hydroxylation is 2. The summed E-state index contributed by atoms with van der Waals surface area (Å²) in [4.78, 5) is 35.2. The maximum Gasteiger partial charge on any atom is 0.374 e. The third kappa shape index (κ3) is 4.22. The summed E-state index contributed by atoms with van der Waals surface area (Å²) in [5, 5.41) is 2.59. The topological polar surface area (TPSA) is 94.8 Å². The molecule has 0 radical (unpaired) electrons. The van der Waals surface area contributed by atoms with Crippen LogP contribution in [0.5, 0.6) is 0 Å². The Labute approximate surface area is 138 Å². The molecule has 1 heterocycles. The molecule has 0 saturated heterocycles. The summed E-state index contributed by atoms with van der Waals surface area (Å²) in [6.45, 7) is 3.00. The molecule has 0 atom stereocenters. The van der Waals surface area contributed by atoms with Gasteiger partial charge >= 0.3 is 11.9 Å². The quantitative estimate of drug-likeness (QED) is 0.846. The summed E-state index contributed by atoms with van der Waals surface area (Å²) in [6.07, 6.45) is 0. The van der Waals surface area contributed by atoms with Crippen LogP contribution in [0.25, 0.3) is 0 Å². The summed E-state index contributed by atoms with van der Waals surface area (Å²) in [7, 11) is 1.27. The Hall–Kier alpha value is -3.09. The number of hydrogen-bond donors (Lipinski definition) is 1. The summed E-state index contributed by atoms with van der Waals surface area (Å²) in [6, 6.07) is 7.87. The van der Waals surface area contributed by atoms with Gasteiger partial charge in [-0.15, -0.1) is 0 Å². The zero-order chi connectivity index (χ0) is 17.7. The number of furan rings is 1. The first-order chi connectivity index (χ1) is 11.4. The Morgan fingerprint density at radius 3 is 2.46 bits per heavy atom. The lowest BCUT2D eigenvalue weighted by Crippen LogP contribution is -2.21. The second kappa shape index (κ2) is 7.45. The molecule has 126 valence electrons. The first-order valence-corrected chi connectivity index (χ1v) is 7.13. The minimum absolute atomic E-state index is 0.0316. The van der Waals surface area contributed by atoms with Gasteiger partial charge in [0, 0.05) is 5.69 Å². The number of rotatable bonds is 5. The van der Waals surface area contributed by atoms with E-state index in [4.69, 9.17) is 9.15 Å². The monoisotopic (exact) mass is 331 g/mol. The normalized spacial score (nSPS) is 10.1. The van der Waals surface area contributed by atoms with E-state index in [9.17, 15) is 14.4 Å². The van der Waals surface area contributed by atoms with Crippen LogP contribution < -0.4 is 5.32 Å². The van der Waals surface area contributed by atoms with Gasteiger partial charge in [0.25, 0.3) is 5.91 Å². The number of benzene rings is 1. The first-order valence-electron chi connectivity index (χ1n) is 7.13. The van der Waals surface area contributed by atoms with E-state index in [1.54, 1.807) is 32.0 Å². The van der Waals surface area contributed by atoms with Crippen molar-refractivity contribution < 1.29 is 28.3 Å². The molecule has 0 aliphatic heterocycles. The van der Waals surface area contributed by atoms with Gasteiger partial charge in [-0.3, -0.25) is 4.79 Å². The van der Waals surface area contributed by atoms with Crippen molar-refractivity contribution >= 4 is 23.5 Å². The lowest BCUT2D eigenvalue weighted by molar-refractivity contribution is -0.119. The molecular formula is C17H17NO6. The van der Waals surface area contributed by atoms with Crippen molar-refractivity contribution in [3.8, 4) is 0 Å². The molecule has 24 heavy (non-hydrogen) atoms. The Bertz CT molecular complexity index is 777. The molecule has 0 unspecified atom stereocenters. The van der Waals surface area contributed by atoms with Gasteiger partial charge in [-0.2, -0.15) is 0 Å². The largest absolute Gasteiger partial charge is 0.465 e. The van der Waals surface area contributed by atoms with Gasteiger partial charge < -0.3 is 19.2 Å². The van der Waals surface area contributed by atoms with E-state index in [0.29, 0.717) is 17.0 Å². The summed E-state index contributed by atoms with van der Waals surface area (Å²) >= 11 is 0. The summed E-state index contributed by atoms with van der Waals surface area (Å²) in [5.41, 5.74) is 1.50. The smallest absolute Gasteiger partial charge is 0.374 e. The fourth-order valence-electron chi connectivity index (χ4n) is 1.93. The van der Waals surface area contributed by atoms with Crippen molar-refractivity contribution in [1.29, 1.82) is 0 Å². The number of hydrogen-bond acceptors (Lipinski definition) is 6. The highest BCUT2D eigenvalue weighted by Crippen LogP contribution is 2.17. The number of esters is 2.